The predicted octanol–water partition coefficient (Wildman–Crippen LogP) is 3.75. The number of carbonyl (C=O) groups excluding carboxylic acids is 5. The highest BCUT2D eigenvalue weighted by atomic mass is 32.2. The molecular weight excluding hydrogens is 1230 g/mol. The number of carbonyl (C=O) groups is 5. The van der Waals surface area contributed by atoms with E-state index in [1.807, 2.05) is 0 Å². The number of hydrogen-bond donors (Lipinski definition) is 6. The largest absolute Gasteiger partial charge is 0.367 e. The summed E-state index contributed by atoms with van der Waals surface area (Å²) in [5.41, 5.74) is -4.50. The Labute approximate surface area is 475 Å². The first kappa shape index (κ1) is 61.7. The van der Waals surface area contributed by atoms with Crippen LogP contribution in [0.3, 0.4) is 0 Å². The van der Waals surface area contributed by atoms with Gasteiger partial charge in [0.2, 0.25) is 0 Å². The van der Waals surface area contributed by atoms with Gasteiger partial charge in [-0.3, -0.25) is 46.5 Å². The van der Waals surface area contributed by atoms with E-state index in [9.17, 15) is 102 Å². The smallest absolute Gasteiger partial charge is 0.282 e. The number of hydrogen-bond acceptors (Lipinski definition) is 17. The third-order valence-electron chi connectivity index (χ3n) is 12.3. The van der Waals surface area contributed by atoms with Crippen molar-refractivity contribution in [3.63, 3.8) is 0 Å². The summed E-state index contributed by atoms with van der Waals surface area (Å²) in [6.45, 7) is 0. The van der Waals surface area contributed by atoms with Gasteiger partial charge in [-0.1, -0.05) is 54.7 Å². The van der Waals surface area contributed by atoms with Gasteiger partial charge < -0.3 is 0 Å². The normalized spacial score (nSPS) is 20.5. The van der Waals surface area contributed by atoms with Crippen LogP contribution in [0.1, 0.15) is 60.8 Å². The van der Waals surface area contributed by atoms with E-state index < -0.39 is 166 Å². The van der Waals surface area contributed by atoms with Crippen molar-refractivity contribution < 1.29 is 102 Å². The van der Waals surface area contributed by atoms with Gasteiger partial charge in [-0.2, -0.15) is 60.5 Å². The maximum Gasteiger partial charge on any atom is 0.367 e. The van der Waals surface area contributed by atoms with Crippen molar-refractivity contribution in [1.82, 2.24) is 0 Å². The Morgan fingerprint density at radius 1 is 0.393 bits per heavy atom. The zero-order valence-corrected chi connectivity index (χ0v) is 46.8. The standard InChI is InChI=1S/C49H36N6O23S6/c56-45(50-29-9-1-7-27(17-29)47(58)54-37-13-15-39(81(67,68)69)35-21-33(79(61,62)63)23-41(43(35)37)83(73,74)75)25-5-3-11-31(19-25)52-49(60)53-32-12-4-6-26(20-32)46(57)51-30-10-2-8-28(18-30)48(59)55-38-14-16-40(82(70,71)72)36-22-34(80(64,65)66)24-42(44(36)38)84(76,77)78/h1-7,9-12,15-16,18,21-24H,8,13-14,17,19-20H2,(H,61,62,63)(H,64,65,66)(H,67,68,69)(H,70,71,72)(H,73,74,75)(H,76,77,78). The lowest BCUT2D eigenvalue weighted by atomic mass is 9.94. The van der Waals surface area contributed by atoms with Crippen LogP contribution in [-0.4, -0.2) is 142 Å². The predicted molar refractivity (Wildman–Crippen MR) is 296 cm³/mol. The van der Waals surface area contributed by atoms with E-state index in [1.54, 1.807) is 0 Å². The van der Waals surface area contributed by atoms with E-state index in [0.29, 0.717) is 24.3 Å². The van der Waals surface area contributed by atoms with Gasteiger partial charge in [-0.05, 0) is 61.1 Å². The van der Waals surface area contributed by atoms with Crippen molar-refractivity contribution >= 4 is 134 Å². The lowest BCUT2D eigenvalue weighted by Crippen LogP contribution is -2.21. The average Bonchev–Trinajstić information content (AvgIpc) is 1.29. The zero-order chi connectivity index (χ0) is 61.6. The molecule has 436 valence electrons. The topological polar surface area (TPSA) is 486 Å². The molecule has 0 radical (unpaired) electrons. The van der Waals surface area contributed by atoms with Gasteiger partial charge in [0.1, 0.15) is 9.79 Å². The summed E-state index contributed by atoms with van der Waals surface area (Å²) in [5.74, 6) is -3.85. The highest BCUT2D eigenvalue weighted by molar-refractivity contribution is 7.95. The summed E-state index contributed by atoms with van der Waals surface area (Å²) in [4.78, 5) is 83.8. The van der Waals surface area contributed by atoms with Crippen molar-refractivity contribution in [2.24, 2.45) is 30.0 Å². The number of aliphatic imine (C=N–C) groups is 6. The minimum absolute atomic E-state index is 0.00507. The summed E-state index contributed by atoms with van der Waals surface area (Å²) < 4.78 is 206. The molecule has 35 heteroatoms. The minimum Gasteiger partial charge on any atom is -0.282 e. The third-order valence-corrected chi connectivity index (χ3v) is 17.6. The Bertz CT molecular complexity index is 4710. The van der Waals surface area contributed by atoms with E-state index in [4.69, 9.17) is 0 Å². The number of benzene rings is 2. The highest BCUT2D eigenvalue weighted by Gasteiger charge is 2.36. The molecule has 0 aliphatic heterocycles. The Hall–Kier alpha value is -8.33. The first-order valence-corrected chi connectivity index (χ1v) is 31.9. The van der Waals surface area contributed by atoms with Crippen molar-refractivity contribution in [3.8, 4) is 0 Å². The molecule has 6 aliphatic carbocycles. The number of urea groups is 1. The molecule has 0 fully saturated rings. The summed E-state index contributed by atoms with van der Waals surface area (Å²) in [7, 11) is -31.8. The number of allylic oxidation sites excluding steroid dienone is 14. The molecule has 29 nitrogen and oxygen atoms in total. The number of nitrogens with zero attached hydrogens (tertiary/aromatic N) is 6. The number of rotatable bonds is 10. The van der Waals surface area contributed by atoms with Crippen molar-refractivity contribution in [1.29, 1.82) is 0 Å². The van der Waals surface area contributed by atoms with E-state index in [-0.39, 0.29) is 70.8 Å². The van der Waals surface area contributed by atoms with Crippen molar-refractivity contribution in [2.45, 2.75) is 58.1 Å². The maximum absolute atomic E-state index is 13.5. The van der Waals surface area contributed by atoms with Crippen LogP contribution in [0.2, 0.25) is 0 Å². The monoisotopic (exact) mass is 1270 g/mol. The molecule has 0 bridgehead atoms. The molecule has 0 saturated carbocycles. The molecule has 0 heterocycles. The molecule has 0 spiro atoms. The van der Waals surface area contributed by atoms with Crippen LogP contribution in [0, 0.1) is 0 Å². The molecule has 2 aromatic carbocycles. The van der Waals surface area contributed by atoms with Crippen LogP contribution in [0.25, 0.3) is 9.81 Å². The Kier molecular flexibility index (Phi) is 16.9. The Morgan fingerprint density at radius 3 is 1.14 bits per heavy atom. The molecule has 8 rings (SSSR count). The number of amides is 6. The fraction of sp³-hybridized carbons (Fsp3) is 0.122. The molecule has 6 aliphatic rings. The lowest BCUT2D eigenvalue weighted by molar-refractivity contribution is -0.115. The van der Waals surface area contributed by atoms with Gasteiger partial charge in [-0.25, -0.2) is 24.8 Å². The molecule has 6 amide bonds. The number of fused-ring (bicyclic) bond motifs is 2. The molecule has 84 heavy (non-hydrogen) atoms. The van der Waals surface area contributed by atoms with Gasteiger partial charge >= 0.3 is 6.03 Å². The molecule has 0 saturated heterocycles. The summed E-state index contributed by atoms with van der Waals surface area (Å²) in [6, 6.07) is 0.516. The van der Waals surface area contributed by atoms with Gasteiger partial charge in [0.25, 0.3) is 84.3 Å². The molecule has 6 N–H and O–H groups in total. The van der Waals surface area contributed by atoms with Gasteiger partial charge in [0.05, 0.1) is 48.2 Å². The van der Waals surface area contributed by atoms with Gasteiger partial charge in [0, 0.05) is 82.4 Å². The highest BCUT2D eigenvalue weighted by Crippen LogP contribution is 2.39. The first-order chi connectivity index (χ1) is 38.9. The van der Waals surface area contributed by atoms with Crippen molar-refractivity contribution in [3.05, 3.63) is 154 Å². The van der Waals surface area contributed by atoms with Crippen LogP contribution in [-0.2, 0) is 79.9 Å². The first-order valence-electron chi connectivity index (χ1n) is 23.2. The quantitative estimate of drug-likeness (QED) is 0.184. The van der Waals surface area contributed by atoms with Crippen LogP contribution < -0.4 is 0 Å². The fourth-order valence-electron chi connectivity index (χ4n) is 8.66. The average molecular weight is 1270 g/mol. The Balaban J connectivity index is 0.928. The second-order valence-corrected chi connectivity index (χ2v) is 26.4. The van der Waals surface area contributed by atoms with Crippen LogP contribution >= 0.6 is 0 Å². The molecule has 2 aromatic rings. The summed E-state index contributed by atoms with van der Waals surface area (Å²) >= 11 is 0. The SMILES string of the molecule is O=C(N=C1C=CC=C(C(=O)N=C2C=CCC(C(=O)N=C3CC=C(S(=O)(=O)O)c4cc(S(=O)(=O)O)cc(S(=O)(=O)O)c43)=C2)C1)N=C1C=CC=C(C(=O)N=C2C=CC=C(C(=O)N=C3CC=C(S(=O)(=O)O)c4cc(S(=O)(=O)O)cc(S(=O)(=O)O)c43)C2)C1. The molecular formula is C49H36N6O23S6. The van der Waals surface area contributed by atoms with E-state index in [2.05, 4.69) is 30.0 Å². The van der Waals surface area contributed by atoms with E-state index >= 15 is 0 Å². The summed E-state index contributed by atoms with van der Waals surface area (Å²) in [6.07, 6.45) is 15.5. The molecule has 0 aromatic heterocycles. The van der Waals surface area contributed by atoms with Crippen LogP contribution in [0.15, 0.2) is 181 Å². The van der Waals surface area contributed by atoms with Gasteiger partial charge in [-0.15, -0.1) is 0 Å². The van der Waals surface area contributed by atoms with Crippen molar-refractivity contribution in [2.75, 3.05) is 0 Å². The summed E-state index contributed by atoms with van der Waals surface area (Å²) in [5, 5.41) is 0. The third kappa shape index (κ3) is 14.2. The Morgan fingerprint density at radius 2 is 0.762 bits per heavy atom. The lowest BCUT2D eigenvalue weighted by Gasteiger charge is -2.21. The fourth-order valence-corrected chi connectivity index (χ4v) is 12.9. The molecule has 0 unspecified atom stereocenters. The zero-order valence-electron chi connectivity index (χ0n) is 41.9. The second-order valence-electron chi connectivity index (χ2n) is 18.0. The second kappa shape index (κ2) is 23.0. The van der Waals surface area contributed by atoms with Crippen LogP contribution in [0.5, 0.6) is 0 Å². The molecule has 0 atom stereocenters. The van der Waals surface area contributed by atoms with E-state index in [1.165, 1.54) is 66.8 Å². The van der Waals surface area contributed by atoms with E-state index in [0.717, 1.165) is 18.2 Å². The van der Waals surface area contributed by atoms with Crippen LogP contribution in [0.4, 0.5) is 4.79 Å². The maximum atomic E-state index is 13.5. The van der Waals surface area contributed by atoms with Gasteiger partial charge in [0.15, 0.2) is 0 Å². The minimum atomic E-state index is -5.44.